The van der Waals surface area contributed by atoms with Gasteiger partial charge in [-0.25, -0.2) is 14.4 Å². The highest BCUT2D eigenvalue weighted by atomic mass is 19.4. The predicted octanol–water partition coefficient (Wildman–Crippen LogP) is 4.15. The SMILES string of the molecule is Cc1ccc(Nc2ncnc(OC3CC4COC[C@@H](C3)N4CC(F)(F)F)c2C)c(F)c1. The van der Waals surface area contributed by atoms with Crippen LogP contribution in [0.15, 0.2) is 24.5 Å². The van der Waals surface area contributed by atoms with Gasteiger partial charge in [0.15, 0.2) is 0 Å². The van der Waals surface area contributed by atoms with E-state index >= 15 is 0 Å². The molecular formula is C21H24F4N4O2. The highest BCUT2D eigenvalue weighted by Gasteiger charge is 2.45. The molecule has 2 aliphatic rings. The number of benzene rings is 1. The number of aromatic nitrogens is 2. The van der Waals surface area contributed by atoms with Crippen LogP contribution in [0.1, 0.15) is 24.0 Å². The maximum Gasteiger partial charge on any atom is 0.401 e. The lowest BCUT2D eigenvalue weighted by Crippen LogP contribution is -2.60. The molecule has 0 saturated carbocycles. The van der Waals surface area contributed by atoms with Gasteiger partial charge in [0, 0.05) is 24.9 Å². The van der Waals surface area contributed by atoms with Crippen LogP contribution in [0.5, 0.6) is 5.88 Å². The van der Waals surface area contributed by atoms with E-state index in [4.69, 9.17) is 9.47 Å². The molecule has 168 valence electrons. The lowest BCUT2D eigenvalue weighted by Gasteiger charge is -2.48. The Balaban J connectivity index is 1.47. The smallest absolute Gasteiger partial charge is 0.401 e. The van der Waals surface area contributed by atoms with Crippen molar-refractivity contribution in [2.24, 2.45) is 0 Å². The number of alkyl halides is 3. The van der Waals surface area contributed by atoms with Crippen molar-refractivity contribution in [1.29, 1.82) is 0 Å². The molecule has 1 aromatic carbocycles. The van der Waals surface area contributed by atoms with E-state index in [0.29, 0.717) is 30.1 Å². The van der Waals surface area contributed by atoms with Gasteiger partial charge in [-0.1, -0.05) is 6.07 Å². The van der Waals surface area contributed by atoms with Crippen molar-refractivity contribution >= 4 is 11.5 Å². The second-order valence-electron chi connectivity index (χ2n) is 8.10. The molecule has 1 aromatic heterocycles. The molecular weight excluding hydrogens is 416 g/mol. The van der Waals surface area contributed by atoms with Gasteiger partial charge in [-0.2, -0.15) is 13.2 Å². The van der Waals surface area contributed by atoms with Gasteiger partial charge >= 0.3 is 6.18 Å². The summed E-state index contributed by atoms with van der Waals surface area (Å²) < 4.78 is 64.6. The predicted molar refractivity (Wildman–Crippen MR) is 106 cm³/mol. The molecule has 2 aromatic rings. The van der Waals surface area contributed by atoms with Gasteiger partial charge in [-0.15, -0.1) is 0 Å². The Bertz CT molecular complexity index is 926. The summed E-state index contributed by atoms with van der Waals surface area (Å²) in [5.74, 6) is 0.342. The zero-order chi connectivity index (χ0) is 22.2. The number of nitrogens with zero attached hydrogens (tertiary/aromatic N) is 3. The van der Waals surface area contributed by atoms with Crippen LogP contribution in [0.3, 0.4) is 0 Å². The summed E-state index contributed by atoms with van der Waals surface area (Å²) in [7, 11) is 0. The standard InChI is InChI=1S/C21H24F4N4O2/c1-12-3-4-18(17(22)5-12)28-19-13(2)20(27-11-26-19)31-16-6-14-8-30-9-15(7-16)29(14)10-21(23,24)25/h3-5,11,14-16H,6-10H2,1-2H3,(H,26,27,28)/t14-,15?,16?/m1/s1. The fraction of sp³-hybridized carbons (Fsp3) is 0.524. The number of piperidine rings is 1. The molecule has 10 heteroatoms. The zero-order valence-electron chi connectivity index (χ0n) is 17.2. The van der Waals surface area contributed by atoms with Crippen LogP contribution in [0, 0.1) is 19.7 Å². The minimum absolute atomic E-state index is 0.245. The quantitative estimate of drug-likeness (QED) is 0.705. The third-order valence-electron chi connectivity index (χ3n) is 5.68. The van der Waals surface area contributed by atoms with E-state index in [1.807, 2.05) is 0 Å². The Morgan fingerprint density at radius 2 is 1.87 bits per heavy atom. The number of hydrogen-bond donors (Lipinski definition) is 1. The number of hydrogen-bond acceptors (Lipinski definition) is 6. The second kappa shape index (κ2) is 8.58. The summed E-state index contributed by atoms with van der Waals surface area (Å²) in [6.45, 7) is 3.10. The molecule has 2 fully saturated rings. The lowest BCUT2D eigenvalue weighted by molar-refractivity contribution is -0.187. The van der Waals surface area contributed by atoms with Crippen LogP contribution in [0.25, 0.3) is 0 Å². The summed E-state index contributed by atoms with van der Waals surface area (Å²) in [6, 6.07) is 4.12. The maximum absolute atomic E-state index is 14.2. The molecule has 6 nitrogen and oxygen atoms in total. The summed E-state index contributed by atoms with van der Waals surface area (Å²) in [5, 5.41) is 2.96. The molecule has 3 atom stereocenters. The molecule has 0 aliphatic carbocycles. The van der Waals surface area contributed by atoms with Crippen LogP contribution in [0.4, 0.5) is 29.1 Å². The van der Waals surface area contributed by atoms with E-state index in [9.17, 15) is 17.6 Å². The molecule has 2 unspecified atom stereocenters. The van der Waals surface area contributed by atoms with Gasteiger partial charge in [-0.3, -0.25) is 4.90 Å². The van der Waals surface area contributed by atoms with E-state index in [1.54, 1.807) is 26.0 Å². The molecule has 4 rings (SSSR count). The van der Waals surface area contributed by atoms with Crippen LogP contribution in [-0.2, 0) is 4.74 Å². The van der Waals surface area contributed by atoms with E-state index in [-0.39, 0.29) is 37.1 Å². The van der Waals surface area contributed by atoms with Gasteiger partial charge in [0.25, 0.3) is 0 Å². The average molecular weight is 440 g/mol. The number of morpholine rings is 1. The molecule has 2 bridgehead atoms. The maximum atomic E-state index is 14.2. The highest BCUT2D eigenvalue weighted by molar-refractivity contribution is 5.61. The van der Waals surface area contributed by atoms with Crippen molar-refractivity contribution in [3.63, 3.8) is 0 Å². The fourth-order valence-electron chi connectivity index (χ4n) is 4.19. The molecule has 0 amide bonds. The summed E-state index contributed by atoms with van der Waals surface area (Å²) in [6.07, 6.45) is -2.41. The summed E-state index contributed by atoms with van der Waals surface area (Å²) in [4.78, 5) is 9.85. The minimum atomic E-state index is -4.25. The molecule has 0 radical (unpaired) electrons. The van der Waals surface area contributed by atoms with E-state index in [2.05, 4.69) is 15.3 Å². The molecule has 31 heavy (non-hydrogen) atoms. The van der Waals surface area contributed by atoms with E-state index < -0.39 is 18.5 Å². The molecule has 2 aliphatic heterocycles. The molecule has 3 heterocycles. The number of aryl methyl sites for hydroxylation is 1. The van der Waals surface area contributed by atoms with Gasteiger partial charge in [0.2, 0.25) is 5.88 Å². The van der Waals surface area contributed by atoms with Crippen molar-refractivity contribution in [2.45, 2.75) is 51.1 Å². The zero-order valence-corrected chi connectivity index (χ0v) is 17.2. The topological polar surface area (TPSA) is 59.5 Å². The van der Waals surface area contributed by atoms with Gasteiger partial charge in [-0.05, 0) is 31.5 Å². The van der Waals surface area contributed by atoms with Crippen molar-refractivity contribution in [3.05, 3.63) is 41.5 Å². The minimum Gasteiger partial charge on any atom is -0.474 e. The Kier molecular flexibility index (Phi) is 6.02. The molecule has 0 spiro atoms. The number of nitrogens with one attached hydrogen (secondary N) is 1. The third-order valence-corrected chi connectivity index (χ3v) is 5.68. The van der Waals surface area contributed by atoms with Crippen LogP contribution >= 0.6 is 0 Å². The Morgan fingerprint density at radius 1 is 1.16 bits per heavy atom. The first kappa shape index (κ1) is 21.8. The largest absolute Gasteiger partial charge is 0.474 e. The summed E-state index contributed by atoms with van der Waals surface area (Å²) in [5.41, 5.74) is 1.69. The normalized spacial score (nSPS) is 24.1. The van der Waals surface area contributed by atoms with Crippen LogP contribution < -0.4 is 10.1 Å². The van der Waals surface area contributed by atoms with Crippen molar-refractivity contribution < 1.29 is 27.0 Å². The molecule has 1 N–H and O–H groups in total. The monoisotopic (exact) mass is 440 g/mol. The van der Waals surface area contributed by atoms with Gasteiger partial charge in [0.1, 0.15) is 24.1 Å². The molecule has 2 saturated heterocycles. The van der Waals surface area contributed by atoms with Crippen molar-refractivity contribution in [1.82, 2.24) is 14.9 Å². The Labute approximate surface area is 177 Å². The third kappa shape index (κ3) is 5.07. The number of halogens is 4. The van der Waals surface area contributed by atoms with Crippen LogP contribution in [0.2, 0.25) is 0 Å². The summed E-state index contributed by atoms with van der Waals surface area (Å²) >= 11 is 0. The Hall–Kier alpha value is -2.46. The van der Waals surface area contributed by atoms with Gasteiger partial charge < -0.3 is 14.8 Å². The highest BCUT2D eigenvalue weighted by Crippen LogP contribution is 2.34. The Morgan fingerprint density at radius 3 is 2.52 bits per heavy atom. The van der Waals surface area contributed by atoms with E-state index in [1.165, 1.54) is 17.3 Å². The fourth-order valence-corrected chi connectivity index (χ4v) is 4.19. The number of ether oxygens (including phenoxy) is 2. The number of anilines is 2. The number of rotatable bonds is 5. The number of fused-ring (bicyclic) bond motifs is 2. The first-order valence-electron chi connectivity index (χ1n) is 10.1. The van der Waals surface area contributed by atoms with Crippen molar-refractivity contribution in [2.75, 3.05) is 25.1 Å². The second-order valence-corrected chi connectivity index (χ2v) is 8.10. The average Bonchev–Trinajstić information content (AvgIpc) is 2.66. The first-order chi connectivity index (χ1) is 14.7. The van der Waals surface area contributed by atoms with E-state index in [0.717, 1.165) is 5.56 Å². The lowest BCUT2D eigenvalue weighted by atomic mass is 9.91. The van der Waals surface area contributed by atoms with Gasteiger partial charge in [0.05, 0.1) is 31.0 Å². The van der Waals surface area contributed by atoms with Crippen molar-refractivity contribution in [3.8, 4) is 5.88 Å². The first-order valence-corrected chi connectivity index (χ1v) is 10.1. The van der Waals surface area contributed by atoms with Crippen LogP contribution in [-0.4, -0.2) is 59.0 Å².